The number of nitrogens with one attached hydrogen (secondary N) is 1. The second kappa shape index (κ2) is 6.37. The van der Waals surface area contributed by atoms with Gasteiger partial charge in [0.15, 0.2) is 0 Å². The Morgan fingerprint density at radius 2 is 1.95 bits per heavy atom. The molecule has 3 nitrogen and oxygen atoms in total. The van der Waals surface area contributed by atoms with Gasteiger partial charge in [0.25, 0.3) is 0 Å². The second-order valence-corrected chi connectivity index (χ2v) is 6.99. The second-order valence-electron chi connectivity index (χ2n) is 5.00. The van der Waals surface area contributed by atoms with Gasteiger partial charge in [-0.05, 0) is 37.0 Å². The number of hydrogen-bond donors (Lipinski definition) is 1. The molecule has 1 N–H and O–H groups in total. The molecule has 0 heterocycles. The third-order valence-electron chi connectivity index (χ3n) is 3.60. The molecule has 0 aromatic heterocycles. The van der Waals surface area contributed by atoms with Gasteiger partial charge in [-0.2, -0.15) is 0 Å². The molecule has 7 heteroatoms. The molecule has 1 fully saturated rings. The highest BCUT2D eigenvalue weighted by atomic mass is 35.5. The van der Waals surface area contributed by atoms with Crippen LogP contribution in [0.1, 0.15) is 25.7 Å². The van der Waals surface area contributed by atoms with Crippen LogP contribution < -0.4 is 4.72 Å². The zero-order valence-electron chi connectivity index (χ0n) is 10.8. The summed E-state index contributed by atoms with van der Waals surface area (Å²) in [5.74, 6) is -1.38. The van der Waals surface area contributed by atoms with E-state index in [1.54, 1.807) is 0 Å². The van der Waals surface area contributed by atoms with Crippen LogP contribution in [0.2, 0.25) is 0 Å². The fourth-order valence-electron chi connectivity index (χ4n) is 2.49. The first-order valence-corrected chi connectivity index (χ1v) is 8.49. The highest BCUT2D eigenvalue weighted by molar-refractivity contribution is 7.89. The van der Waals surface area contributed by atoms with Crippen molar-refractivity contribution in [1.29, 1.82) is 0 Å². The van der Waals surface area contributed by atoms with E-state index in [0.29, 0.717) is 18.4 Å². The van der Waals surface area contributed by atoms with Gasteiger partial charge < -0.3 is 0 Å². The normalized spacial score (nSPS) is 23.8. The largest absolute Gasteiger partial charge is 0.243 e. The van der Waals surface area contributed by atoms with Gasteiger partial charge in [-0.3, -0.25) is 0 Å². The number of rotatable bonds is 4. The van der Waals surface area contributed by atoms with Crippen LogP contribution in [0.25, 0.3) is 0 Å². The summed E-state index contributed by atoms with van der Waals surface area (Å²) in [5.41, 5.74) is 0. The van der Waals surface area contributed by atoms with Gasteiger partial charge in [0.1, 0.15) is 16.5 Å². The molecular formula is C13H16ClF2NO2S. The van der Waals surface area contributed by atoms with E-state index in [-0.39, 0.29) is 12.0 Å². The molecule has 112 valence electrons. The van der Waals surface area contributed by atoms with E-state index in [2.05, 4.69) is 4.72 Å². The molecular weight excluding hydrogens is 308 g/mol. The molecule has 1 aromatic rings. The summed E-state index contributed by atoms with van der Waals surface area (Å²) in [5, 5.41) is 0. The molecule has 20 heavy (non-hydrogen) atoms. The van der Waals surface area contributed by atoms with E-state index in [0.717, 1.165) is 31.4 Å². The fraction of sp³-hybridized carbons (Fsp3) is 0.538. The number of benzene rings is 1. The molecule has 0 amide bonds. The van der Waals surface area contributed by atoms with Gasteiger partial charge in [-0.1, -0.05) is 12.8 Å². The Morgan fingerprint density at radius 1 is 1.25 bits per heavy atom. The molecule has 0 spiro atoms. The molecule has 2 unspecified atom stereocenters. The smallest absolute Gasteiger partial charge is 0.208 e. The standard InChI is InChI=1S/C13H16ClF2NO2S/c14-8-9-3-1-2-4-12(9)17-20(18,19)13-7-10(15)5-6-11(13)16/h5-7,9,12,17H,1-4,8H2. The fourth-order valence-corrected chi connectivity index (χ4v) is 4.29. The lowest BCUT2D eigenvalue weighted by molar-refractivity contribution is 0.313. The highest BCUT2D eigenvalue weighted by Gasteiger charge is 2.30. The van der Waals surface area contributed by atoms with Crippen molar-refractivity contribution in [2.75, 3.05) is 5.88 Å². The van der Waals surface area contributed by atoms with Gasteiger partial charge in [-0.15, -0.1) is 11.6 Å². The molecule has 2 atom stereocenters. The molecule has 0 bridgehead atoms. The zero-order chi connectivity index (χ0) is 14.8. The van der Waals surface area contributed by atoms with E-state index >= 15 is 0 Å². The van der Waals surface area contributed by atoms with Crippen molar-refractivity contribution in [2.45, 2.75) is 36.6 Å². The van der Waals surface area contributed by atoms with Crippen molar-refractivity contribution in [2.24, 2.45) is 5.92 Å². The Kier molecular flexibility index (Phi) is 4.99. The van der Waals surface area contributed by atoms with Gasteiger partial charge in [-0.25, -0.2) is 21.9 Å². The summed E-state index contributed by atoms with van der Waals surface area (Å²) < 4.78 is 53.5. The summed E-state index contributed by atoms with van der Waals surface area (Å²) >= 11 is 5.84. The van der Waals surface area contributed by atoms with E-state index in [1.807, 2.05) is 0 Å². The average Bonchev–Trinajstić information content (AvgIpc) is 2.41. The molecule has 2 rings (SSSR count). The van der Waals surface area contributed by atoms with Crippen LogP contribution in [0, 0.1) is 17.6 Å². The van der Waals surface area contributed by atoms with Gasteiger partial charge in [0.2, 0.25) is 10.0 Å². The van der Waals surface area contributed by atoms with Crippen molar-refractivity contribution in [3.63, 3.8) is 0 Å². The Morgan fingerprint density at radius 3 is 2.65 bits per heavy atom. The lowest BCUT2D eigenvalue weighted by Crippen LogP contribution is -2.43. The zero-order valence-corrected chi connectivity index (χ0v) is 12.4. The topological polar surface area (TPSA) is 46.2 Å². The molecule has 1 saturated carbocycles. The van der Waals surface area contributed by atoms with Crippen LogP contribution >= 0.6 is 11.6 Å². The first kappa shape index (κ1) is 15.7. The third-order valence-corrected chi connectivity index (χ3v) is 5.50. The molecule has 1 aliphatic carbocycles. The Hall–Kier alpha value is -0.720. The van der Waals surface area contributed by atoms with Crippen molar-refractivity contribution < 1.29 is 17.2 Å². The Labute approximate surface area is 122 Å². The quantitative estimate of drug-likeness (QED) is 0.866. The van der Waals surface area contributed by atoms with Gasteiger partial charge >= 0.3 is 0 Å². The summed E-state index contributed by atoms with van der Waals surface area (Å²) in [6.07, 6.45) is 3.39. The molecule has 0 saturated heterocycles. The van der Waals surface area contributed by atoms with Crippen molar-refractivity contribution in [3.8, 4) is 0 Å². The minimum Gasteiger partial charge on any atom is -0.208 e. The molecule has 0 aliphatic heterocycles. The highest BCUT2D eigenvalue weighted by Crippen LogP contribution is 2.27. The maximum absolute atomic E-state index is 13.6. The molecule has 1 aromatic carbocycles. The number of sulfonamides is 1. The summed E-state index contributed by atoms with van der Waals surface area (Å²) in [6.45, 7) is 0. The van der Waals surface area contributed by atoms with Crippen LogP contribution in [0.5, 0.6) is 0 Å². The predicted octanol–water partition coefficient (Wildman–Crippen LogP) is 3.04. The summed E-state index contributed by atoms with van der Waals surface area (Å²) in [7, 11) is -4.08. The van der Waals surface area contributed by atoms with Crippen LogP contribution in [-0.2, 0) is 10.0 Å². The Bertz CT molecular complexity index is 580. The minimum absolute atomic E-state index is 0.0248. The first-order valence-electron chi connectivity index (χ1n) is 6.47. The molecule has 0 radical (unpaired) electrons. The Balaban J connectivity index is 2.24. The lowest BCUT2D eigenvalue weighted by Gasteiger charge is -2.30. The predicted molar refractivity (Wildman–Crippen MR) is 73.1 cm³/mol. The van der Waals surface area contributed by atoms with E-state index in [9.17, 15) is 17.2 Å². The number of alkyl halides is 1. The number of hydrogen-bond acceptors (Lipinski definition) is 2. The van der Waals surface area contributed by atoms with Crippen LogP contribution in [0.3, 0.4) is 0 Å². The van der Waals surface area contributed by atoms with E-state index < -0.39 is 26.6 Å². The maximum atomic E-state index is 13.6. The van der Waals surface area contributed by atoms with E-state index in [1.165, 1.54) is 0 Å². The molecule has 1 aliphatic rings. The van der Waals surface area contributed by atoms with Crippen molar-refractivity contribution in [1.82, 2.24) is 4.72 Å². The summed E-state index contributed by atoms with van der Waals surface area (Å²) in [6, 6.07) is 2.06. The van der Waals surface area contributed by atoms with Crippen LogP contribution in [0.15, 0.2) is 23.1 Å². The van der Waals surface area contributed by atoms with Gasteiger partial charge in [0.05, 0.1) is 0 Å². The van der Waals surface area contributed by atoms with Crippen LogP contribution in [-0.4, -0.2) is 20.3 Å². The lowest BCUT2D eigenvalue weighted by atomic mass is 9.86. The third kappa shape index (κ3) is 3.48. The van der Waals surface area contributed by atoms with E-state index in [4.69, 9.17) is 11.6 Å². The van der Waals surface area contributed by atoms with Crippen LogP contribution in [0.4, 0.5) is 8.78 Å². The SMILES string of the molecule is O=S(=O)(NC1CCCCC1CCl)c1cc(F)ccc1F. The first-order chi connectivity index (χ1) is 9.44. The average molecular weight is 324 g/mol. The van der Waals surface area contributed by atoms with Crippen molar-refractivity contribution in [3.05, 3.63) is 29.8 Å². The number of halogens is 3. The minimum atomic E-state index is -4.08. The maximum Gasteiger partial charge on any atom is 0.243 e. The van der Waals surface area contributed by atoms with Gasteiger partial charge in [0, 0.05) is 11.9 Å². The van der Waals surface area contributed by atoms with Crippen molar-refractivity contribution >= 4 is 21.6 Å². The summed E-state index contributed by atoms with van der Waals surface area (Å²) in [4.78, 5) is -0.656. The monoisotopic (exact) mass is 323 g/mol.